The number of nitrogens with zero attached hydrogens (tertiary/aromatic N) is 1. The molecule has 4 nitrogen and oxygen atoms in total. The number of carbonyl (C=O) groups is 2. The Morgan fingerprint density at radius 2 is 2.19 bits per heavy atom. The van der Waals surface area contributed by atoms with E-state index in [4.69, 9.17) is 0 Å². The molecule has 86 valence electrons. The first-order chi connectivity index (χ1) is 7.58. The van der Waals surface area contributed by atoms with Crippen molar-refractivity contribution in [2.45, 2.75) is 6.92 Å². The van der Waals surface area contributed by atoms with Gasteiger partial charge in [-0.1, -0.05) is 0 Å². The summed E-state index contributed by atoms with van der Waals surface area (Å²) in [5.74, 6) is -0.0404. The van der Waals surface area contributed by atoms with Crippen LogP contribution in [0, 0.1) is 6.92 Å². The van der Waals surface area contributed by atoms with E-state index in [9.17, 15) is 9.59 Å². The van der Waals surface area contributed by atoms with Gasteiger partial charge < -0.3 is 10.2 Å². The number of likely N-dealkylation sites (N-methyl/N-ethyl adjacent to an activating group) is 2. The molecule has 1 amide bonds. The van der Waals surface area contributed by atoms with E-state index >= 15 is 0 Å². The van der Waals surface area contributed by atoms with Crippen LogP contribution in [-0.4, -0.2) is 32.8 Å². The van der Waals surface area contributed by atoms with Crippen molar-refractivity contribution in [1.29, 1.82) is 0 Å². The highest BCUT2D eigenvalue weighted by Gasteiger charge is 2.08. The molecule has 0 spiro atoms. The van der Waals surface area contributed by atoms with Crippen molar-refractivity contribution in [3.8, 4) is 0 Å². The van der Waals surface area contributed by atoms with Crippen molar-refractivity contribution < 1.29 is 9.59 Å². The first-order valence-corrected chi connectivity index (χ1v) is 5.06. The van der Waals surface area contributed by atoms with Gasteiger partial charge in [-0.05, 0) is 30.7 Å². The number of hydrogen-bond acceptors (Lipinski definition) is 3. The average Bonchev–Trinajstić information content (AvgIpc) is 2.28. The molecule has 16 heavy (non-hydrogen) atoms. The molecule has 0 heterocycles. The van der Waals surface area contributed by atoms with E-state index in [1.54, 1.807) is 13.1 Å². The number of rotatable bonds is 4. The van der Waals surface area contributed by atoms with Gasteiger partial charge in [0.15, 0.2) is 0 Å². The number of nitrogens with one attached hydrogen (secondary N) is 1. The highest BCUT2D eigenvalue weighted by Crippen LogP contribution is 2.19. The predicted molar refractivity (Wildman–Crippen MR) is 63.9 cm³/mol. The molecule has 1 N–H and O–H groups in total. The van der Waals surface area contributed by atoms with Crippen molar-refractivity contribution in [2.75, 3.05) is 25.5 Å². The van der Waals surface area contributed by atoms with E-state index < -0.39 is 0 Å². The third-order valence-corrected chi connectivity index (χ3v) is 2.43. The summed E-state index contributed by atoms with van der Waals surface area (Å²) in [5.41, 5.74) is 2.58. The molecule has 1 aromatic carbocycles. The Labute approximate surface area is 95.3 Å². The molecule has 0 radical (unpaired) electrons. The molecule has 0 unspecified atom stereocenters. The zero-order valence-corrected chi connectivity index (χ0v) is 9.78. The lowest BCUT2D eigenvalue weighted by Crippen LogP contribution is -2.33. The molecule has 0 atom stereocenters. The van der Waals surface area contributed by atoms with Crippen molar-refractivity contribution in [3.63, 3.8) is 0 Å². The number of hydrogen-bond donors (Lipinski definition) is 1. The summed E-state index contributed by atoms with van der Waals surface area (Å²) in [5, 5.41) is 2.57. The van der Waals surface area contributed by atoms with Crippen molar-refractivity contribution in [1.82, 2.24) is 5.32 Å². The van der Waals surface area contributed by atoms with Gasteiger partial charge in [-0.15, -0.1) is 0 Å². The molecule has 0 fully saturated rings. The Bertz CT molecular complexity index is 402. The molecule has 0 aliphatic rings. The third kappa shape index (κ3) is 2.82. The fraction of sp³-hybridized carbons (Fsp3) is 0.333. The Hall–Kier alpha value is -1.84. The van der Waals surface area contributed by atoms with Gasteiger partial charge in [0.05, 0.1) is 6.54 Å². The summed E-state index contributed by atoms with van der Waals surface area (Å²) in [6, 6.07) is 5.40. The zero-order chi connectivity index (χ0) is 12.1. The van der Waals surface area contributed by atoms with Crippen LogP contribution < -0.4 is 10.2 Å². The number of anilines is 1. The fourth-order valence-electron chi connectivity index (χ4n) is 1.56. The average molecular weight is 220 g/mol. The van der Waals surface area contributed by atoms with Gasteiger partial charge in [0, 0.05) is 25.3 Å². The first-order valence-electron chi connectivity index (χ1n) is 5.06. The normalized spacial score (nSPS) is 9.69. The quantitative estimate of drug-likeness (QED) is 0.770. The van der Waals surface area contributed by atoms with Gasteiger partial charge >= 0.3 is 0 Å². The second kappa shape index (κ2) is 5.30. The first kappa shape index (κ1) is 12.2. The largest absolute Gasteiger partial charge is 0.365 e. The maximum Gasteiger partial charge on any atom is 0.239 e. The number of benzene rings is 1. The lowest BCUT2D eigenvalue weighted by atomic mass is 10.1. The lowest BCUT2D eigenvalue weighted by molar-refractivity contribution is -0.119. The highest BCUT2D eigenvalue weighted by molar-refractivity contribution is 5.82. The van der Waals surface area contributed by atoms with Crippen molar-refractivity contribution in [3.05, 3.63) is 29.3 Å². The van der Waals surface area contributed by atoms with E-state index in [1.165, 1.54) is 0 Å². The van der Waals surface area contributed by atoms with Crippen LogP contribution in [0.2, 0.25) is 0 Å². The Morgan fingerprint density at radius 1 is 1.50 bits per heavy atom. The summed E-state index contributed by atoms with van der Waals surface area (Å²) >= 11 is 0. The van der Waals surface area contributed by atoms with E-state index in [2.05, 4.69) is 5.32 Å². The summed E-state index contributed by atoms with van der Waals surface area (Å²) in [6.45, 7) is 2.22. The number of carbonyl (C=O) groups excluding carboxylic acids is 2. The van der Waals surface area contributed by atoms with Gasteiger partial charge in [-0.25, -0.2) is 0 Å². The number of aldehydes is 1. The van der Waals surface area contributed by atoms with Gasteiger partial charge in [0.25, 0.3) is 0 Å². The molecule has 0 saturated heterocycles. The zero-order valence-electron chi connectivity index (χ0n) is 9.78. The molecule has 1 aromatic rings. The molecule has 0 aliphatic carbocycles. The summed E-state index contributed by atoms with van der Waals surface area (Å²) in [7, 11) is 3.46. The summed E-state index contributed by atoms with van der Waals surface area (Å²) in [4.78, 5) is 23.7. The van der Waals surface area contributed by atoms with E-state index in [-0.39, 0.29) is 5.91 Å². The Balaban J connectivity index is 2.87. The number of amides is 1. The molecular weight excluding hydrogens is 204 g/mol. The number of aryl methyl sites for hydroxylation is 1. The maximum absolute atomic E-state index is 11.2. The SMILES string of the molecule is CNC(=O)CN(C)c1ccc(C=O)cc1C. The lowest BCUT2D eigenvalue weighted by Gasteiger charge is -2.20. The van der Waals surface area contributed by atoms with Crippen LogP contribution in [0.3, 0.4) is 0 Å². The summed E-state index contributed by atoms with van der Waals surface area (Å²) < 4.78 is 0. The van der Waals surface area contributed by atoms with Crippen LogP contribution in [0.1, 0.15) is 15.9 Å². The third-order valence-electron chi connectivity index (χ3n) is 2.43. The summed E-state index contributed by atoms with van der Waals surface area (Å²) in [6.07, 6.45) is 0.815. The van der Waals surface area contributed by atoms with Crippen LogP contribution in [0.4, 0.5) is 5.69 Å². The molecule has 1 rings (SSSR count). The molecule has 0 aliphatic heterocycles. The minimum atomic E-state index is -0.0404. The molecule has 0 aromatic heterocycles. The monoisotopic (exact) mass is 220 g/mol. The van der Waals surface area contributed by atoms with E-state index in [0.29, 0.717) is 12.1 Å². The second-order valence-corrected chi connectivity index (χ2v) is 3.69. The molecule has 4 heteroatoms. The van der Waals surface area contributed by atoms with Crippen LogP contribution in [0.25, 0.3) is 0 Å². The van der Waals surface area contributed by atoms with Crippen LogP contribution >= 0.6 is 0 Å². The van der Waals surface area contributed by atoms with E-state index in [0.717, 1.165) is 17.5 Å². The van der Waals surface area contributed by atoms with Crippen LogP contribution in [0.5, 0.6) is 0 Å². The predicted octanol–water partition coefficient (Wildman–Crippen LogP) is 0.990. The van der Waals surface area contributed by atoms with Crippen LogP contribution in [-0.2, 0) is 4.79 Å². The second-order valence-electron chi connectivity index (χ2n) is 3.69. The van der Waals surface area contributed by atoms with Gasteiger partial charge in [0.2, 0.25) is 5.91 Å². The topological polar surface area (TPSA) is 49.4 Å². The molecule has 0 saturated carbocycles. The standard InChI is InChI=1S/C12H16N2O2/c1-9-6-10(8-15)4-5-11(9)14(3)7-12(16)13-2/h4-6,8H,7H2,1-3H3,(H,13,16). The van der Waals surface area contributed by atoms with Gasteiger partial charge in [-0.3, -0.25) is 9.59 Å². The molecular formula is C12H16N2O2. The Morgan fingerprint density at radius 3 is 2.69 bits per heavy atom. The minimum Gasteiger partial charge on any atom is -0.365 e. The van der Waals surface area contributed by atoms with Crippen LogP contribution in [0.15, 0.2) is 18.2 Å². The fourth-order valence-corrected chi connectivity index (χ4v) is 1.56. The van der Waals surface area contributed by atoms with Gasteiger partial charge in [-0.2, -0.15) is 0 Å². The highest BCUT2D eigenvalue weighted by atomic mass is 16.1. The minimum absolute atomic E-state index is 0.0404. The maximum atomic E-state index is 11.2. The Kier molecular flexibility index (Phi) is 4.05. The van der Waals surface area contributed by atoms with E-state index in [1.807, 2.05) is 31.0 Å². The van der Waals surface area contributed by atoms with Crippen molar-refractivity contribution >= 4 is 17.9 Å². The molecule has 0 bridgehead atoms. The van der Waals surface area contributed by atoms with Crippen molar-refractivity contribution in [2.24, 2.45) is 0 Å². The van der Waals surface area contributed by atoms with Gasteiger partial charge in [0.1, 0.15) is 6.29 Å². The smallest absolute Gasteiger partial charge is 0.239 e.